The second-order valence-electron chi connectivity index (χ2n) is 10.6. The molecule has 0 atom stereocenters. The maximum Gasteiger partial charge on any atom is 0.123 e. The summed E-state index contributed by atoms with van der Waals surface area (Å²) >= 11 is 0. The van der Waals surface area contributed by atoms with Gasteiger partial charge in [0.1, 0.15) is 11.5 Å². The second kappa shape index (κ2) is 13.4. The summed E-state index contributed by atoms with van der Waals surface area (Å²) in [6, 6.07) is 6.60. The predicted molar refractivity (Wildman–Crippen MR) is 132 cm³/mol. The van der Waals surface area contributed by atoms with Gasteiger partial charge in [0, 0.05) is 5.56 Å². The van der Waals surface area contributed by atoms with Crippen molar-refractivity contribution < 1.29 is 9.47 Å². The summed E-state index contributed by atoms with van der Waals surface area (Å²) in [4.78, 5) is 0. The summed E-state index contributed by atoms with van der Waals surface area (Å²) in [6.45, 7) is 8.56. The number of rotatable bonds is 12. The monoisotopic (exact) mass is 428 g/mol. The van der Waals surface area contributed by atoms with Crippen LogP contribution in [0.25, 0.3) is 0 Å². The highest BCUT2D eigenvalue weighted by molar-refractivity contribution is 5.42. The Hall–Kier alpha value is -1.18. The van der Waals surface area contributed by atoms with Crippen LogP contribution < -0.4 is 9.47 Å². The van der Waals surface area contributed by atoms with E-state index in [-0.39, 0.29) is 0 Å². The van der Waals surface area contributed by atoms with Gasteiger partial charge in [0.2, 0.25) is 0 Å². The smallest absolute Gasteiger partial charge is 0.123 e. The number of hydrogen-bond acceptors (Lipinski definition) is 2. The van der Waals surface area contributed by atoms with Crippen LogP contribution in [0.1, 0.15) is 122 Å². The molecule has 0 spiro atoms. The molecule has 0 aliphatic heterocycles. The van der Waals surface area contributed by atoms with Crippen molar-refractivity contribution in [3.8, 4) is 11.5 Å². The van der Waals surface area contributed by atoms with Gasteiger partial charge in [-0.15, -0.1) is 0 Å². The van der Waals surface area contributed by atoms with Crippen LogP contribution in [0, 0.1) is 17.8 Å². The zero-order valence-corrected chi connectivity index (χ0v) is 20.7. The fraction of sp³-hybridized carbons (Fsp3) is 0.793. The Bertz CT molecular complexity index is 609. The Labute approximate surface area is 192 Å². The molecule has 0 heterocycles. The highest BCUT2D eigenvalue weighted by Crippen LogP contribution is 2.41. The third-order valence-electron chi connectivity index (χ3n) is 7.82. The summed E-state index contributed by atoms with van der Waals surface area (Å²) in [5.41, 5.74) is 1.41. The van der Waals surface area contributed by atoms with Crippen LogP contribution in [0.3, 0.4) is 0 Å². The van der Waals surface area contributed by atoms with Gasteiger partial charge in [0.05, 0.1) is 13.2 Å². The molecule has 1 aromatic rings. The minimum Gasteiger partial charge on any atom is -0.494 e. The van der Waals surface area contributed by atoms with Crippen molar-refractivity contribution in [2.24, 2.45) is 17.8 Å². The molecule has 2 nitrogen and oxygen atoms in total. The minimum absolute atomic E-state index is 0.634. The van der Waals surface area contributed by atoms with Crippen molar-refractivity contribution >= 4 is 0 Å². The largest absolute Gasteiger partial charge is 0.494 e. The molecule has 2 aliphatic carbocycles. The predicted octanol–water partition coefficient (Wildman–Crippen LogP) is 8.92. The van der Waals surface area contributed by atoms with Crippen LogP contribution in [0.4, 0.5) is 0 Å². The van der Waals surface area contributed by atoms with Crippen molar-refractivity contribution in [2.45, 2.75) is 117 Å². The molecule has 0 N–H and O–H groups in total. The van der Waals surface area contributed by atoms with E-state index in [1.54, 1.807) is 0 Å². The summed E-state index contributed by atoms with van der Waals surface area (Å²) in [5, 5.41) is 0. The lowest BCUT2D eigenvalue weighted by atomic mass is 9.79. The molecule has 0 bridgehead atoms. The van der Waals surface area contributed by atoms with Gasteiger partial charge in [-0.05, 0) is 74.0 Å². The first-order valence-corrected chi connectivity index (χ1v) is 13.6. The first kappa shape index (κ1) is 24.5. The zero-order chi connectivity index (χ0) is 21.9. The van der Waals surface area contributed by atoms with Gasteiger partial charge in [0.15, 0.2) is 0 Å². The van der Waals surface area contributed by atoms with Crippen LogP contribution >= 0.6 is 0 Å². The van der Waals surface area contributed by atoms with E-state index in [1.807, 2.05) is 0 Å². The molecule has 2 saturated carbocycles. The van der Waals surface area contributed by atoms with E-state index < -0.39 is 0 Å². The molecule has 0 saturated heterocycles. The molecule has 2 fully saturated rings. The van der Waals surface area contributed by atoms with Gasteiger partial charge in [-0.25, -0.2) is 0 Å². The summed E-state index contributed by atoms with van der Waals surface area (Å²) in [6.07, 6.45) is 18.9. The molecule has 3 rings (SSSR count). The molecule has 0 radical (unpaired) electrons. The quantitative estimate of drug-likeness (QED) is 0.309. The zero-order valence-electron chi connectivity index (χ0n) is 20.7. The van der Waals surface area contributed by atoms with Gasteiger partial charge in [-0.1, -0.05) is 78.6 Å². The maximum atomic E-state index is 6.51. The number of benzene rings is 1. The summed E-state index contributed by atoms with van der Waals surface area (Å²) in [5.74, 6) is 5.37. The van der Waals surface area contributed by atoms with E-state index >= 15 is 0 Å². The number of hydrogen-bond donors (Lipinski definition) is 0. The molecule has 0 amide bonds. The van der Waals surface area contributed by atoms with Crippen LogP contribution in [0.15, 0.2) is 18.2 Å². The lowest BCUT2D eigenvalue weighted by Crippen LogP contribution is -2.21. The molecule has 176 valence electrons. The fourth-order valence-corrected chi connectivity index (χ4v) is 5.61. The number of unbranched alkanes of at least 4 members (excludes halogenated alkanes) is 3. The Balaban J connectivity index is 1.52. The first-order valence-electron chi connectivity index (χ1n) is 13.6. The Kier molecular flexibility index (Phi) is 10.6. The molecule has 0 unspecified atom stereocenters. The Morgan fingerprint density at radius 1 is 0.774 bits per heavy atom. The van der Waals surface area contributed by atoms with E-state index in [9.17, 15) is 0 Å². The first-order chi connectivity index (χ1) is 15.2. The molecule has 2 heteroatoms. The van der Waals surface area contributed by atoms with Gasteiger partial charge in [-0.2, -0.15) is 0 Å². The van der Waals surface area contributed by atoms with Crippen molar-refractivity contribution in [3.63, 3.8) is 0 Å². The standard InChI is InChI=1S/C29H48O2/c1-4-6-7-8-9-24-12-14-25(15-13-24)22-31-29-19-18-27(30-20-5-2)21-28(29)26-16-10-23(3)11-17-26/h18-19,21,23-26H,4-17,20,22H2,1-3H3. The molecule has 31 heavy (non-hydrogen) atoms. The SMILES string of the molecule is CCCCCCC1CCC(COc2ccc(OCCC)cc2C2CCC(C)CC2)CC1. The highest BCUT2D eigenvalue weighted by atomic mass is 16.5. The third kappa shape index (κ3) is 8.03. The van der Waals surface area contributed by atoms with Crippen LogP contribution in [0.5, 0.6) is 11.5 Å². The average molecular weight is 429 g/mol. The van der Waals surface area contributed by atoms with E-state index in [2.05, 4.69) is 39.0 Å². The van der Waals surface area contributed by atoms with Gasteiger partial charge >= 0.3 is 0 Å². The van der Waals surface area contributed by atoms with Crippen LogP contribution in [0.2, 0.25) is 0 Å². The number of ether oxygens (including phenoxy) is 2. The van der Waals surface area contributed by atoms with Crippen LogP contribution in [-0.2, 0) is 0 Å². The molecule has 0 aromatic heterocycles. The summed E-state index contributed by atoms with van der Waals surface area (Å²) in [7, 11) is 0. The van der Waals surface area contributed by atoms with Gasteiger partial charge in [0.25, 0.3) is 0 Å². The van der Waals surface area contributed by atoms with E-state index in [4.69, 9.17) is 9.47 Å². The fourth-order valence-electron chi connectivity index (χ4n) is 5.61. The summed E-state index contributed by atoms with van der Waals surface area (Å²) < 4.78 is 12.5. The van der Waals surface area contributed by atoms with Crippen molar-refractivity contribution in [3.05, 3.63) is 23.8 Å². The van der Waals surface area contributed by atoms with Crippen LogP contribution in [-0.4, -0.2) is 13.2 Å². The normalized spacial score (nSPS) is 26.5. The van der Waals surface area contributed by atoms with Gasteiger partial charge in [-0.3, -0.25) is 0 Å². The lowest BCUT2D eigenvalue weighted by Gasteiger charge is -2.30. The van der Waals surface area contributed by atoms with Crippen molar-refractivity contribution in [2.75, 3.05) is 13.2 Å². The van der Waals surface area contributed by atoms with Gasteiger partial charge < -0.3 is 9.47 Å². The molecule has 1 aromatic carbocycles. The molecular weight excluding hydrogens is 380 g/mol. The third-order valence-corrected chi connectivity index (χ3v) is 7.82. The molecular formula is C29H48O2. The maximum absolute atomic E-state index is 6.51. The van der Waals surface area contributed by atoms with Crippen molar-refractivity contribution in [1.82, 2.24) is 0 Å². The minimum atomic E-state index is 0.634. The highest BCUT2D eigenvalue weighted by Gasteiger charge is 2.25. The van der Waals surface area contributed by atoms with Crippen molar-refractivity contribution in [1.29, 1.82) is 0 Å². The Morgan fingerprint density at radius 3 is 2.23 bits per heavy atom. The Morgan fingerprint density at radius 2 is 1.52 bits per heavy atom. The average Bonchev–Trinajstić information content (AvgIpc) is 2.81. The van der Waals surface area contributed by atoms with E-state index in [0.717, 1.165) is 48.9 Å². The van der Waals surface area contributed by atoms with E-state index in [0.29, 0.717) is 5.92 Å². The second-order valence-corrected chi connectivity index (χ2v) is 10.6. The van der Waals surface area contributed by atoms with E-state index in [1.165, 1.54) is 89.0 Å². The lowest BCUT2D eigenvalue weighted by molar-refractivity contribution is 0.175. The topological polar surface area (TPSA) is 18.5 Å². The molecule has 2 aliphatic rings.